The van der Waals surface area contributed by atoms with Gasteiger partial charge in [-0.1, -0.05) is 46.2 Å². The molecule has 0 saturated carbocycles. The number of amides is 2. The van der Waals surface area contributed by atoms with Crippen molar-refractivity contribution in [3.8, 4) is 12.3 Å². The van der Waals surface area contributed by atoms with E-state index in [9.17, 15) is 29.5 Å². The van der Waals surface area contributed by atoms with Crippen molar-refractivity contribution in [3.63, 3.8) is 0 Å². The van der Waals surface area contributed by atoms with Gasteiger partial charge in [-0.3, -0.25) is 19.2 Å². The Labute approximate surface area is 330 Å². The molecule has 14 nitrogen and oxygen atoms in total. The van der Waals surface area contributed by atoms with Crippen molar-refractivity contribution in [2.24, 2.45) is 17.3 Å². The molecule has 0 bridgehead atoms. The smallest absolute Gasteiger partial charge is 0.309 e. The van der Waals surface area contributed by atoms with Crippen LogP contribution in [0.1, 0.15) is 120 Å². The maximum Gasteiger partial charge on any atom is 0.309 e. The van der Waals surface area contributed by atoms with Crippen molar-refractivity contribution in [2.45, 2.75) is 130 Å². The van der Waals surface area contributed by atoms with E-state index in [4.69, 9.17) is 17.0 Å². The summed E-state index contributed by atoms with van der Waals surface area (Å²) in [6, 6.07) is 5.11. The number of thiazole rings is 1. The number of anilines is 1. The number of unbranched alkanes of at least 4 members (excludes halogenated alkanes) is 1. The van der Waals surface area contributed by atoms with Gasteiger partial charge in [-0.2, -0.15) is 0 Å². The molecule has 15 heteroatoms. The van der Waals surface area contributed by atoms with Crippen LogP contribution in [0.3, 0.4) is 0 Å². The minimum Gasteiger partial charge on any atom is -0.481 e. The van der Waals surface area contributed by atoms with Gasteiger partial charge in [-0.15, -0.1) is 29.1 Å². The van der Waals surface area contributed by atoms with Crippen LogP contribution < -0.4 is 16.5 Å². The molecule has 1 aromatic heterocycles. The van der Waals surface area contributed by atoms with Gasteiger partial charge in [0.05, 0.1) is 23.0 Å². The molecule has 0 radical (unpaired) electrons. The van der Waals surface area contributed by atoms with E-state index in [1.54, 1.807) is 31.4 Å². The highest BCUT2D eigenvalue weighted by molar-refractivity contribution is 7.09. The molecule has 1 aliphatic heterocycles. The number of carboxylic acid groups (broad SMARTS) is 1. The molecule has 1 aliphatic rings. The number of aliphatic hydroxyl groups excluding tert-OH is 1. The molecule has 0 aliphatic carbocycles. The van der Waals surface area contributed by atoms with E-state index >= 15 is 0 Å². The Balaban J connectivity index is 1.84. The van der Waals surface area contributed by atoms with E-state index in [0.717, 1.165) is 41.2 Å². The highest BCUT2D eigenvalue weighted by Crippen LogP contribution is 2.30. The number of carboxylic acids is 1. The van der Waals surface area contributed by atoms with Crippen LogP contribution in [0.25, 0.3) is 0 Å². The van der Waals surface area contributed by atoms with Crippen LogP contribution in [0.4, 0.5) is 5.69 Å². The first-order valence-electron chi connectivity index (χ1n) is 19.3. The zero-order chi connectivity index (χ0) is 40.9. The number of nitrogen functional groups attached to an aromatic ring is 1. The molecular formula is C40H62N7O7S+. The van der Waals surface area contributed by atoms with E-state index in [1.807, 2.05) is 51.8 Å². The Morgan fingerprint density at radius 3 is 2.51 bits per heavy atom. The predicted octanol–water partition coefficient (Wildman–Crippen LogP) is 5.33. The molecule has 2 amide bonds. The molecule has 2 heterocycles. The number of aliphatic hydroxyl groups is 1. The molecule has 1 aromatic carbocycles. The van der Waals surface area contributed by atoms with Gasteiger partial charge in [0.25, 0.3) is 18.0 Å². The summed E-state index contributed by atoms with van der Waals surface area (Å²) < 4.78 is 0. The maximum absolute atomic E-state index is 14.5. The summed E-state index contributed by atoms with van der Waals surface area (Å²) >= 11 is 1.11. The Morgan fingerprint density at radius 1 is 1.22 bits per heavy atom. The molecule has 6 N–H and O–H groups in total. The van der Waals surface area contributed by atoms with Crippen molar-refractivity contribution in [2.75, 3.05) is 25.9 Å². The third-order valence-electron chi connectivity index (χ3n) is 10.4. The molecule has 55 heavy (non-hydrogen) atoms. The second-order valence-corrected chi connectivity index (χ2v) is 16.6. The summed E-state index contributed by atoms with van der Waals surface area (Å²) in [5.74, 6) is 0.270. The second kappa shape index (κ2) is 21.3. The number of aliphatic carboxylic acids is 1. The number of hydrazine groups is 1. The third-order valence-corrected chi connectivity index (χ3v) is 11.3. The van der Waals surface area contributed by atoms with Gasteiger partial charge in [0.15, 0.2) is 6.04 Å². The van der Waals surface area contributed by atoms with Crippen molar-refractivity contribution >= 4 is 34.8 Å². The largest absolute Gasteiger partial charge is 0.481 e. The number of hydrogen-bond acceptors (Lipinski definition) is 10. The highest BCUT2D eigenvalue weighted by Gasteiger charge is 2.42. The quantitative estimate of drug-likeness (QED) is 0.0341. The number of carbonyl (C=O) groups is 3. The zero-order valence-electron chi connectivity index (χ0n) is 33.5. The van der Waals surface area contributed by atoms with Gasteiger partial charge >= 0.3 is 5.97 Å². The summed E-state index contributed by atoms with van der Waals surface area (Å²) in [5, 5.41) is 27.5. The number of piperidine rings is 1. The number of benzene rings is 1. The number of rotatable bonds is 22. The Kier molecular flexibility index (Phi) is 17.5. The normalized spacial score (nSPS) is 17.7. The third kappa shape index (κ3) is 13.3. The van der Waals surface area contributed by atoms with Crippen molar-refractivity contribution in [1.29, 1.82) is 0 Å². The lowest BCUT2D eigenvalue weighted by atomic mass is 9.84. The molecule has 0 spiro atoms. The lowest BCUT2D eigenvalue weighted by Crippen LogP contribution is -2.59. The molecule has 304 valence electrons. The molecular weight excluding hydrogens is 723 g/mol. The number of nitrogens with zero attached hydrogens (tertiary/aromatic N) is 4. The Bertz CT molecular complexity index is 1610. The molecule has 3 rings (SSSR count). The fraction of sp³-hybridized carbons (Fsp3) is 0.650. The van der Waals surface area contributed by atoms with Crippen molar-refractivity contribution in [1.82, 2.24) is 25.7 Å². The van der Waals surface area contributed by atoms with Crippen LogP contribution in [0.5, 0.6) is 0 Å². The van der Waals surface area contributed by atoms with Gasteiger partial charge in [0, 0.05) is 42.9 Å². The summed E-state index contributed by atoms with van der Waals surface area (Å²) in [5.41, 5.74) is 9.26. The van der Waals surface area contributed by atoms with Crippen LogP contribution in [0.15, 0.2) is 29.6 Å². The van der Waals surface area contributed by atoms with Gasteiger partial charge in [-0.25, -0.2) is 14.9 Å². The van der Waals surface area contributed by atoms with Crippen LogP contribution >= 0.6 is 11.3 Å². The summed E-state index contributed by atoms with van der Waals surface area (Å²) in [7, 11) is 1.90. The number of nitrogens with two attached hydrogens (primary N) is 1. The van der Waals surface area contributed by atoms with E-state index in [-0.39, 0.29) is 42.0 Å². The first-order valence-corrected chi connectivity index (χ1v) is 20.2. The summed E-state index contributed by atoms with van der Waals surface area (Å²) in [4.78, 5) is 66.9. The van der Waals surface area contributed by atoms with Crippen LogP contribution in [-0.2, 0) is 20.8 Å². The maximum atomic E-state index is 14.5. The van der Waals surface area contributed by atoms with E-state index in [1.165, 1.54) is 5.06 Å². The van der Waals surface area contributed by atoms with Crippen molar-refractivity contribution < 1.29 is 34.3 Å². The SMILES string of the molecule is C#CCCCON(C(=O)[C@@H](N[N+](=O)[C@H]1CCCCN1C)[C@@H](C)CC)[C@H](C[C@@H](O)c1nc(C(=O)N[C@@H](Cc2ccc(N)cc2)CC(C)(C)C(=O)O)cs1)C(C)C. The van der Waals surface area contributed by atoms with E-state index in [2.05, 4.69) is 21.6 Å². The number of nitrogens with one attached hydrogen (secondary N) is 2. The molecule has 1 fully saturated rings. The number of nitroso groups, excluding NO2 is 1. The number of carbonyl (C=O) groups excluding carboxylic acids is 2. The van der Waals surface area contributed by atoms with E-state index in [0.29, 0.717) is 37.8 Å². The van der Waals surface area contributed by atoms with Crippen LogP contribution in [-0.4, -0.2) is 92.3 Å². The minimum atomic E-state index is -1.16. The number of terminal acetylenes is 1. The summed E-state index contributed by atoms with van der Waals surface area (Å²) in [6.07, 6.45) is 8.66. The molecule has 6 atom stereocenters. The van der Waals surface area contributed by atoms with Crippen LogP contribution in [0.2, 0.25) is 0 Å². The number of aromatic nitrogens is 1. The average Bonchev–Trinajstić information content (AvgIpc) is 3.64. The monoisotopic (exact) mass is 784 g/mol. The second-order valence-electron chi connectivity index (χ2n) is 15.7. The fourth-order valence-electron chi connectivity index (χ4n) is 6.62. The Hall–Kier alpha value is -4.10. The zero-order valence-corrected chi connectivity index (χ0v) is 34.3. The molecule has 2 aromatic rings. The van der Waals surface area contributed by atoms with Gasteiger partial charge in [0.2, 0.25) is 0 Å². The highest BCUT2D eigenvalue weighted by atomic mass is 32.1. The first-order chi connectivity index (χ1) is 26.0. The predicted molar refractivity (Wildman–Crippen MR) is 213 cm³/mol. The number of hydrogen-bond donors (Lipinski definition) is 5. The topological polar surface area (TPSA) is 190 Å². The van der Waals surface area contributed by atoms with Crippen LogP contribution in [0, 0.1) is 34.5 Å². The van der Waals surface area contributed by atoms with E-state index < -0.39 is 53.6 Å². The standard InChI is InChI=1S/C40H61N7O7S/c1-9-11-14-21-54-46(38(50)35(27(5)10-2)44-47(53)34-15-12-13-20-45(34)8)32(26(3)4)23-33(48)37-43-31(25-55-37)36(49)42-30(24-40(6,7)39(51)52)22-28-16-18-29(41)19-17-28/h1,16-19,25-27,30,32-35,48H,10-15,20-24,41H2,2-8H3,(H2-,42,44,49,51,52,53)/p+1/t27-,30-,32+,33+,34-,35-/m0/s1. The number of hydroxylamine groups is 2. The minimum absolute atomic E-state index is 0.0410. The average molecular weight is 785 g/mol. The lowest BCUT2D eigenvalue weighted by Gasteiger charge is -2.37. The summed E-state index contributed by atoms with van der Waals surface area (Å²) in [6.45, 7) is 11.9. The first kappa shape index (κ1) is 45.3. The van der Waals surface area contributed by atoms with Gasteiger partial charge < -0.3 is 21.3 Å². The van der Waals surface area contributed by atoms with Crippen molar-refractivity contribution in [3.05, 3.63) is 50.8 Å². The number of likely N-dealkylation sites (tertiary alicyclic amines) is 1. The van der Waals surface area contributed by atoms with Gasteiger partial charge in [-0.05, 0) is 82.5 Å². The molecule has 0 unspecified atom stereocenters. The molecule has 1 saturated heterocycles. The fourth-order valence-corrected chi connectivity index (χ4v) is 7.42. The lowest BCUT2D eigenvalue weighted by molar-refractivity contribution is -0.667. The Morgan fingerprint density at radius 2 is 1.91 bits per heavy atom. The van der Waals surface area contributed by atoms with Gasteiger partial charge in [0.1, 0.15) is 21.7 Å².